The van der Waals surface area contributed by atoms with E-state index in [9.17, 15) is 19.2 Å². The number of imide groups is 1. The number of carbonyl (C=O) groups is 4. The molecule has 2 saturated carbocycles. The Labute approximate surface area is 171 Å². The first-order valence-corrected chi connectivity index (χ1v) is 10.4. The Morgan fingerprint density at radius 1 is 1.04 bits per heavy atom. The van der Waals surface area contributed by atoms with Gasteiger partial charge in [0.2, 0.25) is 17.7 Å². The molecular weight excluding hydrogens is 484 g/mol. The first-order valence-electron chi connectivity index (χ1n) is 8.56. The number of hydrogen-bond acceptors (Lipinski definition) is 4. The second kappa shape index (κ2) is 6.70. The largest absolute Gasteiger partial charge is 0.478 e. The molecule has 1 saturated heterocycles. The maximum Gasteiger partial charge on any atom is 0.335 e. The number of carboxylic acids is 1. The molecule has 3 fully saturated rings. The van der Waals surface area contributed by atoms with Crippen LogP contribution < -0.4 is 5.32 Å². The summed E-state index contributed by atoms with van der Waals surface area (Å²) in [4.78, 5) is 50.1. The molecule has 0 aromatic heterocycles. The maximum atomic E-state index is 12.8. The van der Waals surface area contributed by atoms with Gasteiger partial charge in [-0.25, -0.2) is 4.79 Å². The van der Waals surface area contributed by atoms with Crippen molar-refractivity contribution < 1.29 is 24.3 Å². The van der Waals surface area contributed by atoms with Crippen LogP contribution in [0.2, 0.25) is 0 Å². The maximum absolute atomic E-state index is 12.8. The van der Waals surface area contributed by atoms with Gasteiger partial charge >= 0.3 is 5.97 Å². The fourth-order valence-electron chi connectivity index (χ4n) is 4.61. The van der Waals surface area contributed by atoms with Crippen molar-refractivity contribution in [2.45, 2.75) is 16.1 Å². The molecule has 1 heterocycles. The van der Waals surface area contributed by atoms with Crippen LogP contribution in [0.25, 0.3) is 0 Å². The van der Waals surface area contributed by atoms with Crippen LogP contribution in [0, 0.1) is 23.7 Å². The molecule has 142 valence electrons. The summed E-state index contributed by atoms with van der Waals surface area (Å²) in [5, 5.41) is 11.5. The molecule has 6 atom stereocenters. The van der Waals surface area contributed by atoms with Crippen LogP contribution in [0.1, 0.15) is 16.8 Å². The van der Waals surface area contributed by atoms with Gasteiger partial charge in [0, 0.05) is 15.3 Å². The molecule has 1 aromatic rings. The minimum absolute atomic E-state index is 0.106. The lowest BCUT2D eigenvalue weighted by Gasteiger charge is -2.28. The number of hydrogen-bond donors (Lipinski definition) is 2. The molecule has 27 heavy (non-hydrogen) atoms. The van der Waals surface area contributed by atoms with Gasteiger partial charge in [-0.15, -0.1) is 0 Å². The summed E-state index contributed by atoms with van der Waals surface area (Å²) in [5.41, 5.74) is 0.514. The molecule has 3 amide bonds. The van der Waals surface area contributed by atoms with Gasteiger partial charge in [0.25, 0.3) is 0 Å². The highest BCUT2D eigenvalue weighted by atomic mass is 79.9. The normalized spacial score (nSPS) is 34.1. The number of benzene rings is 1. The van der Waals surface area contributed by atoms with Gasteiger partial charge in [0.05, 0.1) is 17.4 Å². The van der Waals surface area contributed by atoms with Gasteiger partial charge in [-0.05, 0) is 42.5 Å². The number of nitrogens with one attached hydrogen (secondary N) is 1. The fraction of sp³-hybridized carbons (Fsp3) is 0.444. The number of halogens is 2. The van der Waals surface area contributed by atoms with E-state index in [0.717, 1.165) is 11.3 Å². The number of fused-ring (bicyclic) bond motifs is 5. The van der Waals surface area contributed by atoms with Crippen molar-refractivity contribution in [3.8, 4) is 0 Å². The van der Waals surface area contributed by atoms with E-state index in [1.54, 1.807) is 0 Å². The highest BCUT2D eigenvalue weighted by Crippen LogP contribution is 2.60. The van der Waals surface area contributed by atoms with Gasteiger partial charge in [0.1, 0.15) is 6.54 Å². The van der Waals surface area contributed by atoms with Crippen molar-refractivity contribution >= 4 is 61.2 Å². The van der Waals surface area contributed by atoms with Crippen LogP contribution in [-0.2, 0) is 14.4 Å². The number of amides is 3. The van der Waals surface area contributed by atoms with Gasteiger partial charge in [-0.1, -0.05) is 31.9 Å². The summed E-state index contributed by atoms with van der Waals surface area (Å²) in [6, 6.07) is 5.68. The van der Waals surface area contributed by atoms with Crippen LogP contribution in [0.5, 0.6) is 0 Å². The molecule has 9 heteroatoms. The van der Waals surface area contributed by atoms with Gasteiger partial charge < -0.3 is 10.4 Å². The standard InChI is InChI=1S/C18H16Br2N2O5/c19-14-9-5-10(15(14)20)13-12(9)16(24)22(17(13)25)6-11(23)21-8-3-1-7(2-4-8)18(26)27/h1-4,9-10,12-15H,5-6H2,(H,21,23)(H,26,27)/t9-,10-,12-,13-,14-,15+/m0/s1. The summed E-state index contributed by atoms with van der Waals surface area (Å²) >= 11 is 7.25. The van der Waals surface area contributed by atoms with E-state index in [1.165, 1.54) is 24.3 Å². The van der Waals surface area contributed by atoms with Crippen molar-refractivity contribution in [1.82, 2.24) is 4.90 Å². The predicted octanol–water partition coefficient (Wildman–Crippen LogP) is 2.10. The Morgan fingerprint density at radius 2 is 1.56 bits per heavy atom. The lowest BCUT2D eigenvalue weighted by atomic mass is 9.81. The predicted molar refractivity (Wildman–Crippen MR) is 103 cm³/mol. The highest BCUT2D eigenvalue weighted by Gasteiger charge is 2.66. The molecule has 2 bridgehead atoms. The number of nitrogens with zero attached hydrogens (tertiary/aromatic N) is 1. The number of likely N-dealkylation sites (tertiary alicyclic amines) is 1. The zero-order valence-electron chi connectivity index (χ0n) is 14.0. The van der Waals surface area contributed by atoms with E-state index < -0.39 is 11.9 Å². The molecule has 0 radical (unpaired) electrons. The summed E-state index contributed by atoms with van der Waals surface area (Å²) in [5.74, 6) is -2.55. The van der Waals surface area contributed by atoms with Crippen molar-refractivity contribution in [3.63, 3.8) is 0 Å². The SMILES string of the molecule is O=C(CN1C(=O)[C@H]2[C@@H]3C[C@H]([C@@H](Br)[C@H]3Br)[C@@H]2C1=O)Nc1ccc(C(=O)O)cc1. The Morgan fingerprint density at radius 3 is 2.04 bits per heavy atom. The highest BCUT2D eigenvalue weighted by molar-refractivity contribution is 9.12. The topological polar surface area (TPSA) is 104 Å². The van der Waals surface area contributed by atoms with Crippen LogP contribution in [0.3, 0.4) is 0 Å². The second-order valence-electron chi connectivity index (χ2n) is 7.20. The third kappa shape index (κ3) is 2.91. The third-order valence-corrected chi connectivity index (χ3v) is 9.00. The number of alkyl halides is 2. The second-order valence-corrected chi connectivity index (χ2v) is 9.31. The van der Waals surface area contributed by atoms with Crippen molar-refractivity contribution in [1.29, 1.82) is 0 Å². The van der Waals surface area contributed by atoms with Gasteiger partial charge in [-0.2, -0.15) is 0 Å². The summed E-state index contributed by atoms with van der Waals surface area (Å²) in [7, 11) is 0. The molecular formula is C18H16Br2N2O5. The summed E-state index contributed by atoms with van der Waals surface area (Å²) in [6.07, 6.45) is 0.842. The Kier molecular flexibility index (Phi) is 4.62. The summed E-state index contributed by atoms with van der Waals surface area (Å²) < 4.78 is 0. The zero-order valence-corrected chi connectivity index (χ0v) is 17.1. The van der Waals surface area contributed by atoms with E-state index >= 15 is 0 Å². The third-order valence-electron chi connectivity index (χ3n) is 5.80. The number of carboxylic acid groups (broad SMARTS) is 1. The molecule has 3 aliphatic rings. The Balaban J connectivity index is 1.44. The molecule has 7 nitrogen and oxygen atoms in total. The fourth-order valence-corrected chi connectivity index (χ4v) is 6.48. The Hall–Kier alpha value is -1.74. The molecule has 0 spiro atoms. The zero-order chi connectivity index (χ0) is 19.5. The molecule has 1 aliphatic heterocycles. The minimum atomic E-state index is -1.06. The van der Waals surface area contributed by atoms with Crippen LogP contribution in [-0.4, -0.2) is 49.9 Å². The van der Waals surface area contributed by atoms with Crippen molar-refractivity contribution in [2.24, 2.45) is 23.7 Å². The first-order chi connectivity index (χ1) is 12.8. The summed E-state index contributed by atoms with van der Waals surface area (Å²) in [6.45, 7) is -0.329. The number of carbonyl (C=O) groups excluding carboxylic acids is 3. The smallest absolute Gasteiger partial charge is 0.335 e. The number of rotatable bonds is 4. The molecule has 0 unspecified atom stereocenters. The van der Waals surface area contributed by atoms with E-state index in [0.29, 0.717) is 5.69 Å². The Bertz CT molecular complexity index is 811. The molecule has 1 aromatic carbocycles. The van der Waals surface area contributed by atoms with E-state index in [1.807, 2.05) is 0 Å². The number of anilines is 1. The van der Waals surface area contributed by atoms with E-state index in [-0.39, 0.29) is 57.2 Å². The van der Waals surface area contributed by atoms with Crippen molar-refractivity contribution in [2.75, 3.05) is 11.9 Å². The van der Waals surface area contributed by atoms with E-state index in [4.69, 9.17) is 5.11 Å². The average Bonchev–Trinajstić information content (AvgIpc) is 3.23. The molecule has 2 aliphatic carbocycles. The minimum Gasteiger partial charge on any atom is -0.478 e. The average molecular weight is 500 g/mol. The quantitative estimate of drug-likeness (QED) is 0.487. The van der Waals surface area contributed by atoms with E-state index in [2.05, 4.69) is 37.2 Å². The van der Waals surface area contributed by atoms with Crippen LogP contribution >= 0.6 is 31.9 Å². The molecule has 2 N–H and O–H groups in total. The lowest BCUT2D eigenvalue weighted by molar-refractivity contribution is -0.143. The van der Waals surface area contributed by atoms with Crippen LogP contribution in [0.15, 0.2) is 24.3 Å². The van der Waals surface area contributed by atoms with Crippen LogP contribution in [0.4, 0.5) is 5.69 Å². The number of aromatic carboxylic acids is 1. The van der Waals surface area contributed by atoms with Gasteiger partial charge in [0.15, 0.2) is 0 Å². The lowest BCUT2D eigenvalue weighted by Crippen LogP contribution is -2.39. The first kappa shape index (κ1) is 18.6. The molecule has 4 rings (SSSR count). The van der Waals surface area contributed by atoms with Crippen molar-refractivity contribution in [3.05, 3.63) is 29.8 Å². The van der Waals surface area contributed by atoms with Gasteiger partial charge in [-0.3, -0.25) is 19.3 Å². The monoisotopic (exact) mass is 498 g/mol.